The summed E-state index contributed by atoms with van der Waals surface area (Å²) in [6.45, 7) is 4.39. The predicted octanol–water partition coefficient (Wildman–Crippen LogP) is 18.8. The van der Waals surface area contributed by atoms with Gasteiger partial charge in [0.05, 0.1) is 32.0 Å². The number of carbonyl (C=O) groups excluding carboxylic acids is 2. The third-order valence-electron chi connectivity index (χ3n) is 17.6. The Morgan fingerprint density at radius 1 is 0.429 bits per heavy atom. The maximum atomic E-state index is 13.1. The molecule has 11 nitrogen and oxygen atoms in total. The van der Waals surface area contributed by atoms with Crippen LogP contribution >= 0.6 is 0 Å². The van der Waals surface area contributed by atoms with Crippen molar-refractivity contribution in [2.24, 2.45) is 0 Å². The molecule has 1 amide bonds. The molecule has 1 rings (SSSR count). The molecule has 1 saturated heterocycles. The molecule has 496 valence electrons. The van der Waals surface area contributed by atoms with E-state index in [1.807, 2.05) is 6.08 Å². The molecule has 0 radical (unpaired) electrons. The van der Waals surface area contributed by atoms with Crippen LogP contribution < -0.4 is 5.32 Å². The summed E-state index contributed by atoms with van der Waals surface area (Å²) in [4.78, 5) is 25.1. The second-order valence-electron chi connectivity index (χ2n) is 25.7. The Morgan fingerprint density at radius 2 is 0.762 bits per heavy atom. The number of aliphatic hydroxyl groups is 5. The Morgan fingerprint density at radius 3 is 1.14 bits per heavy atom. The Kier molecular flexibility index (Phi) is 59.9. The monoisotopic (exact) mass is 1190 g/mol. The maximum absolute atomic E-state index is 13.1. The van der Waals surface area contributed by atoms with Crippen LogP contribution in [0.25, 0.3) is 0 Å². The summed E-state index contributed by atoms with van der Waals surface area (Å²) >= 11 is 0. The summed E-state index contributed by atoms with van der Waals surface area (Å²) in [7, 11) is 0. The second kappa shape index (κ2) is 62.7. The van der Waals surface area contributed by atoms with Crippen molar-refractivity contribution in [3.8, 4) is 0 Å². The minimum atomic E-state index is -1.57. The lowest BCUT2D eigenvalue weighted by atomic mass is 9.99. The molecule has 11 heteroatoms. The van der Waals surface area contributed by atoms with Crippen LogP contribution in [-0.2, 0) is 23.8 Å². The third kappa shape index (κ3) is 51.1. The zero-order valence-corrected chi connectivity index (χ0v) is 55.1. The number of unbranched alkanes of at least 4 members (excludes halogenated alkanes) is 49. The summed E-state index contributed by atoms with van der Waals surface area (Å²) in [5, 5.41) is 54.6. The molecule has 0 bridgehead atoms. The molecule has 1 fully saturated rings. The van der Waals surface area contributed by atoms with Crippen LogP contribution in [0.1, 0.15) is 367 Å². The summed E-state index contributed by atoms with van der Waals surface area (Å²) < 4.78 is 16.8. The largest absolute Gasteiger partial charge is 0.466 e. The number of hydrogen-bond acceptors (Lipinski definition) is 10. The molecular weight excluding hydrogens is 1050 g/mol. The van der Waals surface area contributed by atoms with Gasteiger partial charge < -0.3 is 45.1 Å². The average Bonchev–Trinajstić information content (AvgIpc) is 3.66. The van der Waals surface area contributed by atoms with Crippen molar-refractivity contribution in [3.05, 3.63) is 24.3 Å². The van der Waals surface area contributed by atoms with E-state index < -0.39 is 49.5 Å². The fourth-order valence-electron chi connectivity index (χ4n) is 11.8. The van der Waals surface area contributed by atoms with Gasteiger partial charge in [-0.2, -0.15) is 0 Å². The third-order valence-corrected chi connectivity index (χ3v) is 17.6. The lowest BCUT2D eigenvalue weighted by molar-refractivity contribution is -0.302. The highest BCUT2D eigenvalue weighted by Gasteiger charge is 2.44. The van der Waals surface area contributed by atoms with Crippen LogP contribution in [-0.4, -0.2) is 100 Å². The van der Waals surface area contributed by atoms with Gasteiger partial charge in [-0.1, -0.05) is 321 Å². The van der Waals surface area contributed by atoms with E-state index in [9.17, 15) is 35.1 Å². The van der Waals surface area contributed by atoms with Crippen LogP contribution in [0.3, 0.4) is 0 Å². The van der Waals surface area contributed by atoms with E-state index in [1.54, 1.807) is 6.08 Å². The van der Waals surface area contributed by atoms with Gasteiger partial charge in [0, 0.05) is 12.8 Å². The summed E-state index contributed by atoms with van der Waals surface area (Å²) in [6, 6.07) is -0.809. The van der Waals surface area contributed by atoms with E-state index >= 15 is 0 Å². The zero-order chi connectivity index (χ0) is 60.9. The molecular formula is C73H139NO10. The van der Waals surface area contributed by atoms with Gasteiger partial charge in [0.1, 0.15) is 24.4 Å². The fourth-order valence-corrected chi connectivity index (χ4v) is 11.8. The predicted molar refractivity (Wildman–Crippen MR) is 352 cm³/mol. The highest BCUT2D eigenvalue weighted by Crippen LogP contribution is 2.23. The lowest BCUT2D eigenvalue weighted by Crippen LogP contribution is -2.60. The van der Waals surface area contributed by atoms with Gasteiger partial charge in [0.15, 0.2) is 6.29 Å². The average molecular weight is 1190 g/mol. The fraction of sp³-hybridized carbons (Fsp3) is 0.918. The molecule has 1 aliphatic heterocycles. The molecule has 84 heavy (non-hydrogen) atoms. The Hall–Kier alpha value is -1.86. The molecule has 0 spiro atoms. The molecule has 7 atom stereocenters. The first-order chi connectivity index (χ1) is 41.2. The van der Waals surface area contributed by atoms with Crippen LogP contribution in [0.15, 0.2) is 24.3 Å². The number of hydrogen-bond donors (Lipinski definition) is 6. The first-order valence-corrected chi connectivity index (χ1v) is 36.6. The molecule has 6 N–H and O–H groups in total. The van der Waals surface area contributed by atoms with Crippen molar-refractivity contribution >= 4 is 11.9 Å². The number of rotatable bonds is 65. The number of carbonyl (C=O) groups is 2. The number of nitrogens with one attached hydrogen (secondary N) is 1. The molecule has 0 aliphatic carbocycles. The highest BCUT2D eigenvalue weighted by atomic mass is 16.7. The SMILES string of the molecule is CCCCCCCCCCCCCCC/C=C/C(O)C(COC1OC(CO)C(O)C(O)C1O)NC(=O)CCCCCCCCCCCCCCCC/C=C\CCCCCCCCCCCCCCOC(=O)CCCCCCCCCCCCC. The lowest BCUT2D eigenvalue weighted by Gasteiger charge is -2.40. The van der Waals surface area contributed by atoms with Crippen LogP contribution in [0.5, 0.6) is 0 Å². The quantitative estimate of drug-likeness (QED) is 0.0195. The van der Waals surface area contributed by atoms with Crippen molar-refractivity contribution in [2.75, 3.05) is 19.8 Å². The Labute approximate surface area is 518 Å². The molecule has 1 aliphatic rings. The minimum Gasteiger partial charge on any atom is -0.466 e. The second-order valence-corrected chi connectivity index (χ2v) is 25.7. The molecule has 0 aromatic carbocycles. The maximum Gasteiger partial charge on any atom is 0.305 e. The molecule has 0 aromatic rings. The van der Waals surface area contributed by atoms with Gasteiger partial charge in [-0.15, -0.1) is 0 Å². The van der Waals surface area contributed by atoms with Gasteiger partial charge in [0.2, 0.25) is 5.91 Å². The normalized spacial score (nSPS) is 18.1. The molecule has 7 unspecified atom stereocenters. The zero-order valence-electron chi connectivity index (χ0n) is 55.1. The van der Waals surface area contributed by atoms with E-state index in [4.69, 9.17) is 14.2 Å². The van der Waals surface area contributed by atoms with Crippen LogP contribution in [0.2, 0.25) is 0 Å². The molecule has 0 aromatic heterocycles. The number of amides is 1. The van der Waals surface area contributed by atoms with Crippen molar-refractivity contribution in [3.63, 3.8) is 0 Å². The summed E-state index contributed by atoms with van der Waals surface area (Å²) in [5.74, 6) is -0.168. The van der Waals surface area contributed by atoms with Crippen molar-refractivity contribution < 1.29 is 49.3 Å². The highest BCUT2D eigenvalue weighted by molar-refractivity contribution is 5.76. The first kappa shape index (κ1) is 80.2. The smallest absolute Gasteiger partial charge is 0.305 e. The molecule has 0 saturated carbocycles. The van der Waals surface area contributed by atoms with E-state index in [0.717, 1.165) is 51.4 Å². The van der Waals surface area contributed by atoms with Gasteiger partial charge in [-0.3, -0.25) is 9.59 Å². The standard InChI is InChI=1S/C73H139NO10/c1-3-5-7-9-11-13-15-16-33-36-40-43-47-51-55-59-66(76)65(64-83-73-72(81)71(80)70(79)67(63-75)84-73)74-68(77)60-56-52-48-44-41-37-34-31-29-27-25-23-21-19-17-18-20-22-24-26-28-30-32-35-38-42-46-50-54-58-62-82-69(78)61-57-53-49-45-39-14-12-10-8-6-4-2/h18,20,55,59,65-67,70-73,75-76,79-81H,3-17,19,21-54,56-58,60-64H2,1-2H3,(H,74,77)/b20-18-,59-55+. The molecule has 1 heterocycles. The van der Waals surface area contributed by atoms with Crippen LogP contribution in [0.4, 0.5) is 0 Å². The van der Waals surface area contributed by atoms with Crippen molar-refractivity contribution in [1.29, 1.82) is 0 Å². The van der Waals surface area contributed by atoms with E-state index in [0.29, 0.717) is 19.4 Å². The number of allylic oxidation sites excluding steroid dienone is 3. The van der Waals surface area contributed by atoms with Gasteiger partial charge in [0.25, 0.3) is 0 Å². The Bertz CT molecular complexity index is 1440. The topological polar surface area (TPSA) is 175 Å². The first-order valence-electron chi connectivity index (χ1n) is 36.6. The van der Waals surface area contributed by atoms with Gasteiger partial charge in [-0.05, 0) is 57.8 Å². The van der Waals surface area contributed by atoms with Gasteiger partial charge in [-0.25, -0.2) is 0 Å². The van der Waals surface area contributed by atoms with E-state index in [2.05, 4.69) is 31.3 Å². The van der Waals surface area contributed by atoms with E-state index in [-0.39, 0.29) is 18.5 Å². The number of ether oxygens (including phenoxy) is 3. The van der Waals surface area contributed by atoms with Crippen LogP contribution in [0, 0.1) is 0 Å². The van der Waals surface area contributed by atoms with Gasteiger partial charge >= 0.3 is 5.97 Å². The minimum absolute atomic E-state index is 0.00915. The van der Waals surface area contributed by atoms with Crippen molar-refractivity contribution in [2.45, 2.75) is 410 Å². The summed E-state index contributed by atoms with van der Waals surface area (Å²) in [5.41, 5.74) is 0. The Balaban J connectivity index is 1.99. The van der Waals surface area contributed by atoms with E-state index in [1.165, 1.54) is 289 Å². The summed E-state index contributed by atoms with van der Waals surface area (Å²) in [6.07, 6.45) is 68.8. The number of esters is 1. The van der Waals surface area contributed by atoms with Crippen molar-refractivity contribution in [1.82, 2.24) is 5.32 Å². The number of aliphatic hydroxyl groups excluding tert-OH is 5.